The summed E-state index contributed by atoms with van der Waals surface area (Å²) in [6.45, 7) is 16.9. The lowest BCUT2D eigenvalue weighted by molar-refractivity contribution is -0.155. The van der Waals surface area contributed by atoms with E-state index in [4.69, 9.17) is 9.47 Å². The summed E-state index contributed by atoms with van der Waals surface area (Å²) in [5, 5.41) is 4.41. The first-order chi connectivity index (χ1) is 33.9. The highest BCUT2D eigenvalue weighted by molar-refractivity contribution is 5.96. The van der Waals surface area contributed by atoms with Gasteiger partial charge in [0.05, 0.1) is 30.0 Å². The number of cyclic esters (lactones) is 1. The SMILES string of the molecule is C=CC(=O)N1CC[C@H](C(=O)N(C)[C@H](C(=O)N[C@H]2Cc3cc(cc(C(F)F)c3)-c3ccc4c(c3)c(c(/C(C=C)=C(/N=CC)[C@H](C)OC)n4CC(F)(F)F)CC(C)(C)COC(=O)[C@@H]3CCCN(N3)C2=O)C(C)C)C1. The van der Waals surface area contributed by atoms with Crippen LogP contribution in [0, 0.1) is 17.3 Å². The first kappa shape index (κ1) is 55.1. The summed E-state index contributed by atoms with van der Waals surface area (Å²) in [6, 6.07) is 5.23. The van der Waals surface area contributed by atoms with Crippen LogP contribution in [0.5, 0.6) is 0 Å². The van der Waals surface area contributed by atoms with Crippen molar-refractivity contribution < 1.29 is 55.4 Å². The van der Waals surface area contributed by atoms with Crippen molar-refractivity contribution in [2.75, 3.05) is 40.4 Å². The summed E-state index contributed by atoms with van der Waals surface area (Å²) in [4.78, 5) is 76.9. The molecule has 3 aromatic rings. The maximum atomic E-state index is 15.0. The topological polar surface area (TPSA) is 155 Å². The van der Waals surface area contributed by atoms with Crippen molar-refractivity contribution in [2.24, 2.45) is 22.2 Å². The molecule has 2 aromatic carbocycles. The van der Waals surface area contributed by atoms with E-state index in [9.17, 15) is 37.1 Å². The number of likely N-dealkylation sites (tertiary alicyclic amines) is 1. The van der Waals surface area contributed by atoms with E-state index in [0.717, 1.165) is 4.57 Å². The summed E-state index contributed by atoms with van der Waals surface area (Å²) in [7, 11) is 2.93. The largest absolute Gasteiger partial charge is 0.464 e. The fraction of sp³-hybridized carbons (Fsp3) is 0.509. The Bertz CT molecular complexity index is 2640. The number of allylic oxidation sites excluding steroid dienone is 2. The van der Waals surface area contributed by atoms with E-state index in [1.54, 1.807) is 59.7 Å². The Kier molecular flexibility index (Phi) is 17.4. The third-order valence-electron chi connectivity index (χ3n) is 13.6. The minimum absolute atomic E-state index is 0.0564. The van der Waals surface area contributed by atoms with Crippen molar-refractivity contribution in [2.45, 2.75) is 117 Å². The van der Waals surface area contributed by atoms with E-state index in [2.05, 4.69) is 28.9 Å². The Labute approximate surface area is 417 Å². The fourth-order valence-electron chi connectivity index (χ4n) is 10.1. The summed E-state index contributed by atoms with van der Waals surface area (Å²) >= 11 is 0. The van der Waals surface area contributed by atoms with Gasteiger partial charge in [-0.3, -0.25) is 34.0 Å². The Morgan fingerprint density at radius 3 is 2.39 bits per heavy atom. The van der Waals surface area contributed by atoms with Gasteiger partial charge in [-0.2, -0.15) is 13.2 Å². The van der Waals surface area contributed by atoms with Crippen molar-refractivity contribution in [3.8, 4) is 11.1 Å². The number of hydrazine groups is 1. The maximum absolute atomic E-state index is 15.0. The molecule has 3 aliphatic rings. The number of aliphatic imine (C=N–C) groups is 1. The highest BCUT2D eigenvalue weighted by Gasteiger charge is 2.41. The minimum Gasteiger partial charge on any atom is -0.464 e. The van der Waals surface area contributed by atoms with Crippen LogP contribution >= 0.6 is 0 Å². The van der Waals surface area contributed by atoms with Crippen LogP contribution in [0.15, 0.2) is 72.4 Å². The summed E-state index contributed by atoms with van der Waals surface area (Å²) in [6.07, 6.45) is -3.60. The van der Waals surface area contributed by atoms with Crippen LogP contribution in [0.25, 0.3) is 27.6 Å². The van der Waals surface area contributed by atoms with Crippen LogP contribution in [0.3, 0.4) is 0 Å². The number of nitrogens with one attached hydrogen (secondary N) is 2. The third-order valence-corrected chi connectivity index (χ3v) is 13.6. The van der Waals surface area contributed by atoms with Gasteiger partial charge in [0.1, 0.15) is 24.7 Å². The lowest BCUT2D eigenvalue weighted by Gasteiger charge is -2.37. The number of rotatable bonds is 13. The smallest absolute Gasteiger partial charge is 0.406 e. The number of esters is 1. The molecular formula is C53H66F5N7O7. The number of amides is 4. The number of aromatic nitrogens is 1. The van der Waals surface area contributed by atoms with Gasteiger partial charge in [-0.05, 0) is 92.0 Å². The molecule has 2 fully saturated rings. The van der Waals surface area contributed by atoms with Crippen LogP contribution in [0.2, 0.25) is 0 Å². The molecule has 5 atom stereocenters. The zero-order valence-electron chi connectivity index (χ0n) is 42.2. The van der Waals surface area contributed by atoms with Crippen molar-refractivity contribution in [3.05, 3.63) is 89.8 Å². The van der Waals surface area contributed by atoms with Gasteiger partial charge in [0.2, 0.25) is 17.7 Å². The van der Waals surface area contributed by atoms with Crippen molar-refractivity contribution in [3.63, 3.8) is 0 Å². The highest BCUT2D eigenvalue weighted by atomic mass is 19.4. The molecule has 6 bridgehead atoms. The van der Waals surface area contributed by atoms with E-state index in [1.807, 2.05) is 0 Å². The number of carbonyl (C=O) groups excluding carboxylic acids is 5. The summed E-state index contributed by atoms with van der Waals surface area (Å²) < 4.78 is 87.1. The number of benzene rings is 2. The van der Waals surface area contributed by atoms with Gasteiger partial charge in [0, 0.05) is 73.9 Å². The normalized spacial score (nSPS) is 21.1. The molecule has 72 heavy (non-hydrogen) atoms. The third kappa shape index (κ3) is 12.3. The second-order valence-corrected chi connectivity index (χ2v) is 19.9. The van der Waals surface area contributed by atoms with Crippen LogP contribution < -0.4 is 10.7 Å². The molecule has 14 nitrogen and oxygen atoms in total. The van der Waals surface area contributed by atoms with Gasteiger partial charge in [-0.25, -0.2) is 14.2 Å². The fourth-order valence-corrected chi connectivity index (χ4v) is 10.1. The molecule has 1 aromatic heterocycles. The molecule has 2 saturated heterocycles. The first-order valence-corrected chi connectivity index (χ1v) is 24.2. The Hall–Kier alpha value is -6.21. The molecular weight excluding hydrogens is 942 g/mol. The number of nitrogens with zero attached hydrogens (tertiary/aromatic N) is 5. The van der Waals surface area contributed by atoms with Gasteiger partial charge in [-0.15, -0.1) is 0 Å². The average Bonchev–Trinajstić information content (AvgIpc) is 3.94. The molecule has 0 aliphatic carbocycles. The number of fused-ring (bicyclic) bond motifs is 6. The molecule has 0 saturated carbocycles. The number of methoxy groups -OCH3 is 1. The van der Waals surface area contributed by atoms with Gasteiger partial charge in [-0.1, -0.05) is 65.1 Å². The molecule has 4 heterocycles. The summed E-state index contributed by atoms with van der Waals surface area (Å²) in [5.41, 5.74) is 3.78. The standard InChI is InChI=1S/C53H66F5N7O7/c1-11-37(44(59-13-3)31(6)71-10)46-39-26-52(7,8)29-72-51(70)40-15-14-19-65(61-40)50(69)41(60-48(67)45(30(4)5)62(9)49(68)34-18-20-63(27-34)43(66)12-2)23-32-21-35(24-36(22-32)47(54)55)33-16-17-42(38(39)25-33)64(46)28-53(56,57)58/h11-13,16-17,21-22,24-25,30-31,34,40-41,45,47,61H,1-2,14-15,18-20,23,26-29H2,3-10H3,(H,60,67)/b44-37+,59-13?/t31-,34-,40-,41-,45-/m0/s1. The molecule has 4 amide bonds. The van der Waals surface area contributed by atoms with E-state index in [-0.39, 0.29) is 78.7 Å². The maximum Gasteiger partial charge on any atom is 0.406 e. The zero-order valence-corrected chi connectivity index (χ0v) is 42.2. The molecule has 0 spiro atoms. The number of carbonyl (C=O) groups is 5. The van der Waals surface area contributed by atoms with Crippen LogP contribution in [-0.2, 0) is 52.8 Å². The van der Waals surface area contributed by atoms with Crippen LogP contribution in [0.1, 0.15) is 89.6 Å². The van der Waals surface area contributed by atoms with Gasteiger partial charge < -0.3 is 29.2 Å². The van der Waals surface area contributed by atoms with Crippen LogP contribution in [0.4, 0.5) is 22.0 Å². The van der Waals surface area contributed by atoms with Crippen molar-refractivity contribution >= 4 is 52.3 Å². The molecule has 3 aliphatic heterocycles. The first-order valence-electron chi connectivity index (χ1n) is 24.2. The highest BCUT2D eigenvalue weighted by Crippen LogP contribution is 2.42. The van der Waals surface area contributed by atoms with E-state index in [0.29, 0.717) is 41.6 Å². The monoisotopic (exact) mass is 1010 g/mol. The molecule has 2 N–H and O–H groups in total. The number of likely N-dealkylation sites (N-methyl/N-ethyl adjacent to an activating group) is 1. The lowest BCUT2D eigenvalue weighted by atomic mass is 9.84. The van der Waals surface area contributed by atoms with E-state index >= 15 is 8.78 Å². The predicted octanol–water partition coefficient (Wildman–Crippen LogP) is 8.00. The van der Waals surface area contributed by atoms with Crippen LogP contribution in [-0.4, -0.2) is 126 Å². The number of halogens is 5. The number of alkyl halides is 5. The average molecular weight is 1010 g/mol. The molecule has 19 heteroatoms. The van der Waals surface area contributed by atoms with Crippen molar-refractivity contribution in [1.29, 1.82) is 0 Å². The second-order valence-electron chi connectivity index (χ2n) is 19.9. The molecule has 6 rings (SSSR count). The number of hydrogen-bond acceptors (Lipinski definition) is 9. The van der Waals surface area contributed by atoms with Gasteiger partial charge >= 0.3 is 12.1 Å². The lowest BCUT2D eigenvalue weighted by Crippen LogP contribution is -2.62. The second kappa shape index (κ2) is 22.7. The Morgan fingerprint density at radius 2 is 1.76 bits per heavy atom. The number of ether oxygens (including phenoxy) is 2. The quantitative estimate of drug-likeness (QED) is 0.0575. The Balaban J connectivity index is 1.54. The van der Waals surface area contributed by atoms with Gasteiger partial charge in [0.15, 0.2) is 0 Å². The molecule has 0 unspecified atom stereocenters. The summed E-state index contributed by atoms with van der Waals surface area (Å²) in [5.74, 6) is -3.85. The predicted molar refractivity (Wildman–Crippen MR) is 264 cm³/mol. The molecule has 0 radical (unpaired) electrons. The van der Waals surface area contributed by atoms with Gasteiger partial charge in [0.25, 0.3) is 12.3 Å². The Morgan fingerprint density at radius 1 is 1.04 bits per heavy atom. The number of hydrogen-bond donors (Lipinski definition) is 2. The molecule has 390 valence electrons. The minimum atomic E-state index is -4.71. The van der Waals surface area contributed by atoms with E-state index < -0.39 is 84.0 Å². The van der Waals surface area contributed by atoms with Crippen molar-refractivity contribution in [1.82, 2.24) is 30.1 Å². The zero-order chi connectivity index (χ0) is 53.0. The van der Waals surface area contributed by atoms with E-state index in [1.165, 1.54) is 65.5 Å².